The highest BCUT2D eigenvalue weighted by molar-refractivity contribution is 5.99. The third-order valence-electron chi connectivity index (χ3n) is 4.94. The number of hydrogen-bond acceptors (Lipinski definition) is 4. The fourth-order valence-electron chi connectivity index (χ4n) is 3.40. The van der Waals surface area contributed by atoms with Crippen LogP contribution in [0, 0.1) is 17.6 Å². The number of pyridine rings is 1. The summed E-state index contributed by atoms with van der Waals surface area (Å²) in [5.41, 5.74) is 0.317. The predicted molar refractivity (Wildman–Crippen MR) is 116 cm³/mol. The van der Waals surface area contributed by atoms with Crippen molar-refractivity contribution in [3.63, 3.8) is 0 Å². The van der Waals surface area contributed by atoms with E-state index in [4.69, 9.17) is 0 Å². The van der Waals surface area contributed by atoms with Crippen LogP contribution < -0.4 is 15.5 Å². The summed E-state index contributed by atoms with van der Waals surface area (Å²) in [4.78, 5) is 32.8. The van der Waals surface area contributed by atoms with Crippen LogP contribution in [-0.4, -0.2) is 48.0 Å². The van der Waals surface area contributed by atoms with Gasteiger partial charge in [-0.05, 0) is 36.6 Å². The van der Waals surface area contributed by atoms with Crippen molar-refractivity contribution in [3.05, 3.63) is 48.2 Å². The fourth-order valence-corrected chi connectivity index (χ4v) is 3.40. The van der Waals surface area contributed by atoms with Gasteiger partial charge in [-0.1, -0.05) is 13.8 Å². The molecule has 0 spiro atoms. The third kappa shape index (κ3) is 6.37. The maximum absolute atomic E-state index is 13.7. The van der Waals surface area contributed by atoms with E-state index in [9.17, 15) is 18.4 Å². The Morgan fingerprint density at radius 1 is 1.06 bits per heavy atom. The lowest BCUT2D eigenvalue weighted by atomic mass is 10.1. The molecule has 0 atom stereocenters. The number of urea groups is 1. The molecular formula is C22H27F2N5O2. The minimum absolute atomic E-state index is 0.121. The number of halogens is 2. The Hall–Kier alpha value is -3.23. The van der Waals surface area contributed by atoms with Crippen LogP contribution in [0.4, 0.5) is 30.8 Å². The molecule has 3 rings (SSSR count). The Morgan fingerprint density at radius 3 is 2.55 bits per heavy atom. The minimum atomic E-state index is -0.856. The van der Waals surface area contributed by atoms with E-state index in [1.807, 2.05) is 18.7 Å². The Kier molecular flexibility index (Phi) is 7.38. The molecule has 2 aromatic rings. The fraction of sp³-hybridized carbons (Fsp3) is 0.409. The van der Waals surface area contributed by atoms with E-state index in [-0.39, 0.29) is 11.6 Å². The van der Waals surface area contributed by atoms with Gasteiger partial charge >= 0.3 is 6.03 Å². The Bertz CT molecular complexity index is 921. The number of aromatic nitrogens is 1. The average molecular weight is 431 g/mol. The normalized spacial score (nSPS) is 14.4. The molecule has 7 nitrogen and oxygen atoms in total. The van der Waals surface area contributed by atoms with Gasteiger partial charge in [0.05, 0.1) is 17.6 Å². The van der Waals surface area contributed by atoms with Crippen molar-refractivity contribution >= 4 is 29.1 Å². The van der Waals surface area contributed by atoms with Gasteiger partial charge in [-0.15, -0.1) is 0 Å². The van der Waals surface area contributed by atoms with Gasteiger partial charge < -0.3 is 20.4 Å². The molecule has 9 heteroatoms. The Balaban J connectivity index is 1.55. The number of nitrogens with one attached hydrogen (secondary N) is 2. The summed E-state index contributed by atoms with van der Waals surface area (Å²) in [6, 6.07) is 5.75. The third-order valence-corrected chi connectivity index (χ3v) is 4.94. The predicted octanol–water partition coefficient (Wildman–Crippen LogP) is 4.09. The standard InChI is InChI=1S/C22H27F2N5O2/c1-15(2)12-21(30)29-9-3-8-28(10-11-29)20-7-5-17(14-25-20)26-22(31)27-19-6-4-16(23)13-18(19)24/h4-7,13-15H,3,8-12H2,1-2H3,(H2,26,27,31). The largest absolute Gasteiger partial charge is 0.355 e. The molecule has 3 amide bonds. The zero-order valence-electron chi connectivity index (χ0n) is 17.7. The molecule has 0 unspecified atom stereocenters. The van der Waals surface area contributed by atoms with Crippen molar-refractivity contribution in [2.24, 2.45) is 5.92 Å². The maximum atomic E-state index is 13.7. The van der Waals surface area contributed by atoms with Crippen molar-refractivity contribution in [2.45, 2.75) is 26.7 Å². The van der Waals surface area contributed by atoms with E-state index in [1.54, 1.807) is 12.1 Å². The summed E-state index contributed by atoms with van der Waals surface area (Å²) in [5.74, 6) is -0.290. The summed E-state index contributed by atoms with van der Waals surface area (Å²) in [6.07, 6.45) is 2.93. The van der Waals surface area contributed by atoms with E-state index in [0.717, 1.165) is 37.5 Å². The van der Waals surface area contributed by atoms with Gasteiger partial charge in [0.15, 0.2) is 0 Å². The summed E-state index contributed by atoms with van der Waals surface area (Å²) in [6.45, 7) is 6.94. The van der Waals surface area contributed by atoms with Crippen molar-refractivity contribution in [2.75, 3.05) is 41.7 Å². The molecule has 1 fully saturated rings. The molecule has 0 aliphatic carbocycles. The van der Waals surface area contributed by atoms with Crippen LogP contribution in [0.2, 0.25) is 0 Å². The highest BCUT2D eigenvalue weighted by Crippen LogP contribution is 2.19. The summed E-state index contributed by atoms with van der Waals surface area (Å²) in [5, 5.41) is 4.90. The van der Waals surface area contributed by atoms with E-state index in [2.05, 4.69) is 20.5 Å². The van der Waals surface area contributed by atoms with E-state index < -0.39 is 17.7 Å². The number of amides is 3. The van der Waals surface area contributed by atoms with Crippen molar-refractivity contribution in [3.8, 4) is 0 Å². The first kappa shape index (κ1) is 22.5. The number of hydrogen-bond donors (Lipinski definition) is 2. The first-order valence-electron chi connectivity index (χ1n) is 10.3. The minimum Gasteiger partial charge on any atom is -0.355 e. The van der Waals surface area contributed by atoms with Crippen molar-refractivity contribution in [1.29, 1.82) is 0 Å². The molecule has 166 valence electrons. The van der Waals surface area contributed by atoms with Gasteiger partial charge in [-0.25, -0.2) is 18.6 Å². The molecule has 0 radical (unpaired) electrons. The van der Waals surface area contributed by atoms with Crippen LogP contribution in [0.3, 0.4) is 0 Å². The maximum Gasteiger partial charge on any atom is 0.323 e. The smallest absolute Gasteiger partial charge is 0.323 e. The van der Waals surface area contributed by atoms with Crippen LogP contribution >= 0.6 is 0 Å². The molecular weight excluding hydrogens is 404 g/mol. The first-order valence-corrected chi connectivity index (χ1v) is 10.3. The molecule has 1 saturated heterocycles. The number of carbonyl (C=O) groups excluding carboxylic acids is 2. The van der Waals surface area contributed by atoms with Gasteiger partial charge in [0.2, 0.25) is 5.91 Å². The van der Waals surface area contributed by atoms with Crippen molar-refractivity contribution in [1.82, 2.24) is 9.88 Å². The molecule has 2 N–H and O–H groups in total. The average Bonchev–Trinajstić information content (AvgIpc) is 2.97. The first-order chi connectivity index (χ1) is 14.8. The molecule has 1 aromatic heterocycles. The van der Waals surface area contributed by atoms with Gasteiger partial charge in [0.1, 0.15) is 17.5 Å². The van der Waals surface area contributed by atoms with E-state index >= 15 is 0 Å². The number of rotatable bonds is 5. The SMILES string of the molecule is CC(C)CC(=O)N1CCCN(c2ccc(NC(=O)Nc3ccc(F)cc3F)cn2)CC1. The number of benzene rings is 1. The molecule has 1 aliphatic rings. The summed E-state index contributed by atoms with van der Waals surface area (Å²) in [7, 11) is 0. The molecule has 2 heterocycles. The highest BCUT2D eigenvalue weighted by atomic mass is 19.1. The van der Waals surface area contributed by atoms with E-state index in [0.29, 0.717) is 37.2 Å². The van der Waals surface area contributed by atoms with Gasteiger partial charge in [-0.3, -0.25) is 4.79 Å². The van der Waals surface area contributed by atoms with Gasteiger partial charge in [-0.2, -0.15) is 0 Å². The summed E-state index contributed by atoms with van der Waals surface area (Å²) < 4.78 is 26.6. The lowest BCUT2D eigenvalue weighted by Crippen LogP contribution is -2.35. The number of carbonyl (C=O) groups is 2. The van der Waals surface area contributed by atoms with Crippen molar-refractivity contribution < 1.29 is 18.4 Å². The monoisotopic (exact) mass is 431 g/mol. The zero-order chi connectivity index (χ0) is 22.4. The van der Waals surface area contributed by atoms with Crippen LogP contribution in [0.25, 0.3) is 0 Å². The Labute approximate surface area is 180 Å². The van der Waals surface area contributed by atoms with Gasteiger partial charge in [0, 0.05) is 38.7 Å². The lowest BCUT2D eigenvalue weighted by molar-refractivity contribution is -0.131. The van der Waals surface area contributed by atoms with Gasteiger partial charge in [0.25, 0.3) is 0 Å². The topological polar surface area (TPSA) is 77.6 Å². The molecule has 1 aromatic carbocycles. The number of nitrogens with zero attached hydrogens (tertiary/aromatic N) is 3. The van der Waals surface area contributed by atoms with Crippen LogP contribution in [0.1, 0.15) is 26.7 Å². The zero-order valence-corrected chi connectivity index (χ0v) is 17.7. The van der Waals surface area contributed by atoms with Crippen LogP contribution in [-0.2, 0) is 4.79 Å². The number of anilines is 3. The highest BCUT2D eigenvalue weighted by Gasteiger charge is 2.20. The molecule has 0 bridgehead atoms. The van der Waals surface area contributed by atoms with Crippen LogP contribution in [0.15, 0.2) is 36.5 Å². The quantitative estimate of drug-likeness (QED) is 0.748. The molecule has 31 heavy (non-hydrogen) atoms. The second kappa shape index (κ2) is 10.2. The Morgan fingerprint density at radius 2 is 1.87 bits per heavy atom. The summed E-state index contributed by atoms with van der Waals surface area (Å²) >= 11 is 0. The molecule has 1 aliphatic heterocycles. The lowest BCUT2D eigenvalue weighted by Gasteiger charge is -2.23. The van der Waals surface area contributed by atoms with Crippen LogP contribution in [0.5, 0.6) is 0 Å². The van der Waals surface area contributed by atoms with E-state index in [1.165, 1.54) is 6.20 Å². The second-order valence-corrected chi connectivity index (χ2v) is 7.93. The molecule has 0 saturated carbocycles. The second-order valence-electron chi connectivity index (χ2n) is 7.93.